The van der Waals surface area contributed by atoms with Gasteiger partial charge in [0, 0.05) is 32.1 Å². The summed E-state index contributed by atoms with van der Waals surface area (Å²) in [6.45, 7) is 7.99. The molecule has 1 aliphatic heterocycles. The normalized spacial score (nSPS) is 20.0. The maximum Gasteiger partial charge on any atom is 0.407 e. The molecule has 3 amide bonds. The molecule has 1 heterocycles. The van der Waals surface area contributed by atoms with Crippen LogP contribution in [0.3, 0.4) is 0 Å². The molecule has 0 aromatic carbocycles. The standard InChI is InChI=1S/C19H33N3O4/c1-4-26-19(25)20-16(14(2)3)18(24)22-12-10-21(11-13-22)17(23)15-8-6-5-7-9-15/h14-16H,4-13H2,1-3H3,(H,20,25). The van der Waals surface area contributed by atoms with Crippen LogP contribution < -0.4 is 5.32 Å². The highest BCUT2D eigenvalue weighted by Crippen LogP contribution is 2.26. The quantitative estimate of drug-likeness (QED) is 0.806. The van der Waals surface area contributed by atoms with E-state index in [0.717, 1.165) is 25.7 Å². The maximum atomic E-state index is 12.8. The third-order valence-electron chi connectivity index (χ3n) is 5.34. The van der Waals surface area contributed by atoms with E-state index in [1.54, 1.807) is 11.8 Å². The molecular weight excluding hydrogens is 334 g/mol. The van der Waals surface area contributed by atoms with E-state index < -0.39 is 12.1 Å². The van der Waals surface area contributed by atoms with Gasteiger partial charge in [0.2, 0.25) is 11.8 Å². The summed E-state index contributed by atoms with van der Waals surface area (Å²) in [5.74, 6) is 0.286. The first-order chi connectivity index (χ1) is 12.4. The Labute approximate surface area is 156 Å². The van der Waals surface area contributed by atoms with Crippen LogP contribution in [0.2, 0.25) is 0 Å². The topological polar surface area (TPSA) is 79.0 Å². The number of rotatable bonds is 5. The summed E-state index contributed by atoms with van der Waals surface area (Å²) < 4.78 is 4.90. The van der Waals surface area contributed by atoms with Crippen LogP contribution in [0.1, 0.15) is 52.9 Å². The van der Waals surface area contributed by atoms with Crippen LogP contribution in [-0.4, -0.2) is 66.5 Å². The first kappa shape index (κ1) is 20.5. The van der Waals surface area contributed by atoms with Crippen LogP contribution in [0.15, 0.2) is 0 Å². The lowest BCUT2D eigenvalue weighted by molar-refractivity contribution is -0.144. The van der Waals surface area contributed by atoms with Crippen molar-refractivity contribution in [1.82, 2.24) is 15.1 Å². The summed E-state index contributed by atoms with van der Waals surface area (Å²) in [7, 11) is 0. The molecule has 148 valence electrons. The van der Waals surface area contributed by atoms with Crippen LogP contribution in [0.4, 0.5) is 4.79 Å². The Kier molecular flexibility index (Phi) is 7.72. The lowest BCUT2D eigenvalue weighted by atomic mass is 9.88. The first-order valence-electron chi connectivity index (χ1n) is 9.94. The molecule has 1 atom stereocenters. The molecule has 1 unspecified atom stereocenters. The Morgan fingerprint density at radius 1 is 1.00 bits per heavy atom. The first-order valence-corrected chi connectivity index (χ1v) is 9.94. The molecule has 1 saturated carbocycles. The van der Waals surface area contributed by atoms with E-state index in [2.05, 4.69) is 5.32 Å². The van der Waals surface area contributed by atoms with Crippen molar-refractivity contribution >= 4 is 17.9 Å². The lowest BCUT2D eigenvalue weighted by Crippen LogP contribution is -2.57. The number of carbonyl (C=O) groups excluding carboxylic acids is 3. The van der Waals surface area contributed by atoms with E-state index >= 15 is 0 Å². The van der Waals surface area contributed by atoms with Gasteiger partial charge >= 0.3 is 6.09 Å². The van der Waals surface area contributed by atoms with E-state index in [1.807, 2.05) is 18.7 Å². The molecule has 0 aromatic heterocycles. The third kappa shape index (κ3) is 5.35. The fourth-order valence-corrected chi connectivity index (χ4v) is 3.76. The average molecular weight is 367 g/mol. The molecule has 1 aliphatic carbocycles. The second kappa shape index (κ2) is 9.78. The number of alkyl carbamates (subject to hydrolysis) is 1. The number of amides is 3. The van der Waals surface area contributed by atoms with Gasteiger partial charge in [-0.05, 0) is 25.7 Å². The van der Waals surface area contributed by atoms with Gasteiger partial charge in [-0.15, -0.1) is 0 Å². The molecular formula is C19H33N3O4. The largest absolute Gasteiger partial charge is 0.450 e. The zero-order valence-corrected chi connectivity index (χ0v) is 16.3. The van der Waals surface area contributed by atoms with Crippen molar-refractivity contribution in [1.29, 1.82) is 0 Å². The number of hydrogen-bond acceptors (Lipinski definition) is 4. The van der Waals surface area contributed by atoms with Crippen molar-refractivity contribution in [3.8, 4) is 0 Å². The fraction of sp³-hybridized carbons (Fsp3) is 0.842. The third-order valence-corrected chi connectivity index (χ3v) is 5.34. The fourth-order valence-electron chi connectivity index (χ4n) is 3.76. The van der Waals surface area contributed by atoms with Gasteiger partial charge in [0.1, 0.15) is 6.04 Å². The molecule has 2 fully saturated rings. The van der Waals surface area contributed by atoms with Crippen molar-refractivity contribution in [3.05, 3.63) is 0 Å². The molecule has 0 spiro atoms. The summed E-state index contributed by atoms with van der Waals surface area (Å²) in [5.41, 5.74) is 0. The van der Waals surface area contributed by atoms with Crippen molar-refractivity contribution in [3.63, 3.8) is 0 Å². The van der Waals surface area contributed by atoms with E-state index in [-0.39, 0.29) is 30.3 Å². The molecule has 2 aliphatic rings. The van der Waals surface area contributed by atoms with Gasteiger partial charge in [-0.3, -0.25) is 9.59 Å². The van der Waals surface area contributed by atoms with Gasteiger partial charge in [-0.2, -0.15) is 0 Å². The Morgan fingerprint density at radius 3 is 2.12 bits per heavy atom. The Hall–Kier alpha value is -1.79. The number of hydrogen-bond donors (Lipinski definition) is 1. The van der Waals surface area contributed by atoms with Crippen LogP contribution in [-0.2, 0) is 14.3 Å². The van der Waals surface area contributed by atoms with Gasteiger partial charge in [-0.1, -0.05) is 33.1 Å². The van der Waals surface area contributed by atoms with Crippen molar-refractivity contribution < 1.29 is 19.1 Å². The summed E-state index contributed by atoms with van der Waals surface area (Å²) >= 11 is 0. The summed E-state index contributed by atoms with van der Waals surface area (Å²) in [4.78, 5) is 40.8. The zero-order valence-electron chi connectivity index (χ0n) is 16.3. The van der Waals surface area contributed by atoms with Crippen molar-refractivity contribution in [2.24, 2.45) is 11.8 Å². The number of nitrogens with one attached hydrogen (secondary N) is 1. The Balaban J connectivity index is 1.87. The minimum atomic E-state index is -0.602. The molecule has 1 saturated heterocycles. The minimum absolute atomic E-state index is 0.0335. The summed E-state index contributed by atoms with van der Waals surface area (Å²) in [5, 5.41) is 2.67. The zero-order chi connectivity index (χ0) is 19.1. The van der Waals surface area contributed by atoms with Gasteiger partial charge in [0.15, 0.2) is 0 Å². The van der Waals surface area contributed by atoms with E-state index in [1.165, 1.54) is 6.42 Å². The van der Waals surface area contributed by atoms with Crippen LogP contribution >= 0.6 is 0 Å². The summed E-state index contributed by atoms with van der Waals surface area (Å²) in [6, 6.07) is -0.602. The highest BCUT2D eigenvalue weighted by atomic mass is 16.5. The minimum Gasteiger partial charge on any atom is -0.450 e. The number of carbonyl (C=O) groups is 3. The predicted octanol–water partition coefficient (Wildman–Crippen LogP) is 2.01. The molecule has 1 N–H and O–H groups in total. The van der Waals surface area contributed by atoms with Gasteiger partial charge in [0.25, 0.3) is 0 Å². The van der Waals surface area contributed by atoms with Crippen molar-refractivity contribution in [2.75, 3.05) is 32.8 Å². The highest BCUT2D eigenvalue weighted by Gasteiger charge is 2.33. The Bertz CT molecular complexity index is 495. The maximum absolute atomic E-state index is 12.8. The van der Waals surface area contributed by atoms with Crippen LogP contribution in [0.25, 0.3) is 0 Å². The van der Waals surface area contributed by atoms with Gasteiger partial charge in [0.05, 0.1) is 6.61 Å². The number of nitrogens with zero attached hydrogens (tertiary/aromatic N) is 2. The average Bonchev–Trinajstić information content (AvgIpc) is 2.66. The molecule has 0 aromatic rings. The van der Waals surface area contributed by atoms with Crippen LogP contribution in [0, 0.1) is 11.8 Å². The molecule has 7 nitrogen and oxygen atoms in total. The van der Waals surface area contributed by atoms with Crippen molar-refractivity contribution in [2.45, 2.75) is 58.9 Å². The lowest BCUT2D eigenvalue weighted by Gasteiger charge is -2.38. The van der Waals surface area contributed by atoms with Crippen LogP contribution in [0.5, 0.6) is 0 Å². The second-order valence-corrected chi connectivity index (χ2v) is 7.57. The Morgan fingerprint density at radius 2 is 1.58 bits per heavy atom. The smallest absolute Gasteiger partial charge is 0.407 e. The number of piperazine rings is 1. The monoisotopic (exact) mass is 367 g/mol. The molecule has 2 rings (SSSR count). The van der Waals surface area contributed by atoms with E-state index in [4.69, 9.17) is 4.74 Å². The van der Waals surface area contributed by atoms with Gasteiger partial charge in [-0.25, -0.2) is 4.79 Å². The highest BCUT2D eigenvalue weighted by molar-refractivity contribution is 5.86. The molecule has 0 bridgehead atoms. The number of ether oxygens (including phenoxy) is 1. The van der Waals surface area contributed by atoms with Gasteiger partial charge < -0.3 is 19.9 Å². The SMILES string of the molecule is CCOC(=O)NC(C(=O)N1CCN(C(=O)C2CCCCC2)CC1)C(C)C. The van der Waals surface area contributed by atoms with E-state index in [0.29, 0.717) is 26.2 Å². The predicted molar refractivity (Wildman–Crippen MR) is 98.5 cm³/mol. The molecule has 0 radical (unpaired) electrons. The second-order valence-electron chi connectivity index (χ2n) is 7.57. The summed E-state index contributed by atoms with van der Waals surface area (Å²) in [6.07, 6.45) is 4.95. The molecule has 7 heteroatoms. The molecule has 26 heavy (non-hydrogen) atoms. The van der Waals surface area contributed by atoms with E-state index in [9.17, 15) is 14.4 Å².